The Morgan fingerprint density at radius 3 is 2.76 bits per heavy atom. The molecule has 0 radical (unpaired) electrons. The normalized spacial score (nSPS) is 22.4. The van der Waals surface area contributed by atoms with Crippen LogP contribution in [0.5, 0.6) is 0 Å². The van der Waals surface area contributed by atoms with E-state index in [9.17, 15) is 8.42 Å². The van der Waals surface area contributed by atoms with Gasteiger partial charge in [-0.05, 0) is 44.6 Å². The van der Waals surface area contributed by atoms with Crippen LogP contribution < -0.4 is 0 Å². The minimum Gasteiger partial charge on any atom is -0.383 e. The van der Waals surface area contributed by atoms with Crippen LogP contribution in [0.15, 0.2) is 11.4 Å². The van der Waals surface area contributed by atoms with Crippen molar-refractivity contribution < 1.29 is 13.2 Å². The van der Waals surface area contributed by atoms with Crippen molar-refractivity contribution in [2.75, 3.05) is 26.0 Å². The van der Waals surface area contributed by atoms with Gasteiger partial charge >= 0.3 is 0 Å². The van der Waals surface area contributed by atoms with E-state index < -0.39 is 9.84 Å². The fraction of sp³-hybridized carbons (Fsp3) is 0.833. The van der Waals surface area contributed by atoms with Gasteiger partial charge in [0.25, 0.3) is 0 Å². The van der Waals surface area contributed by atoms with Crippen LogP contribution in [0.1, 0.15) is 51.1 Å². The molecule has 1 atom stereocenters. The minimum atomic E-state index is -3.32. The van der Waals surface area contributed by atoms with Crippen molar-refractivity contribution in [2.45, 2.75) is 69.7 Å². The number of likely N-dealkylation sites (tertiary alicyclic amines) is 1. The molecular weight excluding hydrogens is 338 g/mol. The summed E-state index contributed by atoms with van der Waals surface area (Å²) in [6.07, 6.45) is 8.69. The van der Waals surface area contributed by atoms with Gasteiger partial charge in [-0.3, -0.25) is 4.90 Å². The molecule has 0 aromatic carbocycles. The average molecular weight is 370 g/mol. The zero-order valence-electron chi connectivity index (χ0n) is 15.5. The highest BCUT2D eigenvalue weighted by atomic mass is 32.2. The van der Waals surface area contributed by atoms with Crippen molar-refractivity contribution in [2.24, 2.45) is 5.92 Å². The zero-order chi connectivity index (χ0) is 17.9. The highest BCUT2D eigenvalue weighted by Crippen LogP contribution is 2.32. The molecule has 1 aromatic heterocycles. The largest absolute Gasteiger partial charge is 0.383 e. The molecule has 1 saturated heterocycles. The fourth-order valence-corrected chi connectivity index (χ4v) is 5.66. The van der Waals surface area contributed by atoms with Crippen LogP contribution in [0.2, 0.25) is 0 Å². The van der Waals surface area contributed by atoms with Crippen LogP contribution >= 0.6 is 0 Å². The predicted octanol–water partition coefficient (Wildman–Crippen LogP) is 2.48. The van der Waals surface area contributed by atoms with Crippen molar-refractivity contribution in [3.8, 4) is 0 Å². The summed E-state index contributed by atoms with van der Waals surface area (Å²) in [7, 11) is -1.67. The average Bonchev–Trinajstić information content (AvgIpc) is 3.30. The van der Waals surface area contributed by atoms with Crippen molar-refractivity contribution in [3.05, 3.63) is 11.9 Å². The topological polar surface area (TPSA) is 64.4 Å². The lowest BCUT2D eigenvalue weighted by Crippen LogP contribution is -2.39. The molecule has 2 fully saturated rings. The number of hydrogen-bond acceptors (Lipinski definition) is 5. The Labute approximate surface area is 151 Å². The van der Waals surface area contributed by atoms with E-state index in [0.29, 0.717) is 25.1 Å². The fourth-order valence-electron chi connectivity index (χ4n) is 3.80. The molecule has 2 heterocycles. The van der Waals surface area contributed by atoms with Crippen LogP contribution in [-0.2, 0) is 27.7 Å². The number of sulfone groups is 1. The van der Waals surface area contributed by atoms with Gasteiger partial charge in [0.05, 0.1) is 24.3 Å². The van der Waals surface area contributed by atoms with Gasteiger partial charge in [0.2, 0.25) is 15.0 Å². The van der Waals surface area contributed by atoms with E-state index in [2.05, 4.69) is 16.8 Å². The van der Waals surface area contributed by atoms with E-state index >= 15 is 0 Å². The molecule has 1 aromatic rings. The third-order valence-electron chi connectivity index (χ3n) is 5.44. The van der Waals surface area contributed by atoms with Crippen molar-refractivity contribution in [3.63, 3.8) is 0 Å². The van der Waals surface area contributed by atoms with E-state index in [4.69, 9.17) is 4.74 Å². The van der Waals surface area contributed by atoms with Crippen molar-refractivity contribution >= 4 is 9.84 Å². The summed E-state index contributed by atoms with van der Waals surface area (Å²) in [6.45, 7) is 5.12. The summed E-state index contributed by atoms with van der Waals surface area (Å²) in [4.78, 5) is 6.82. The Balaban J connectivity index is 1.82. The molecule has 1 aliphatic carbocycles. The molecule has 142 valence electrons. The second-order valence-corrected chi connectivity index (χ2v) is 9.36. The molecule has 2 aliphatic rings. The smallest absolute Gasteiger partial charge is 0.227 e. The van der Waals surface area contributed by atoms with Gasteiger partial charge in [-0.15, -0.1) is 0 Å². The highest BCUT2D eigenvalue weighted by Gasteiger charge is 2.33. The van der Waals surface area contributed by atoms with Gasteiger partial charge in [-0.2, -0.15) is 0 Å². The SMILES string of the molecule is CC[C@@H]1CCCCN1Cc1cnc(S(=O)(=O)CC2CC2)n1CCOC. The number of hydrogen-bond donors (Lipinski definition) is 0. The second kappa shape index (κ2) is 8.18. The molecular formula is C18H31N3O3S. The predicted molar refractivity (Wildman–Crippen MR) is 97.2 cm³/mol. The van der Waals surface area contributed by atoms with Gasteiger partial charge in [-0.25, -0.2) is 13.4 Å². The number of rotatable bonds is 9. The molecule has 0 bridgehead atoms. The van der Waals surface area contributed by atoms with E-state index in [1.54, 1.807) is 13.3 Å². The summed E-state index contributed by atoms with van der Waals surface area (Å²) in [5.74, 6) is 0.560. The zero-order valence-corrected chi connectivity index (χ0v) is 16.3. The molecule has 7 heteroatoms. The number of piperidine rings is 1. The maximum atomic E-state index is 12.8. The van der Waals surface area contributed by atoms with Crippen LogP contribution in [0.4, 0.5) is 0 Å². The van der Waals surface area contributed by atoms with Crippen LogP contribution in [-0.4, -0.2) is 54.9 Å². The number of aromatic nitrogens is 2. The minimum absolute atomic E-state index is 0.233. The molecule has 0 N–H and O–H groups in total. The lowest BCUT2D eigenvalue weighted by atomic mass is 10.00. The maximum Gasteiger partial charge on any atom is 0.227 e. The number of imidazole rings is 1. The van der Waals surface area contributed by atoms with Gasteiger partial charge in [-0.1, -0.05) is 13.3 Å². The van der Waals surface area contributed by atoms with Crippen LogP contribution in [0.25, 0.3) is 0 Å². The number of nitrogens with zero attached hydrogens (tertiary/aromatic N) is 3. The molecule has 25 heavy (non-hydrogen) atoms. The van der Waals surface area contributed by atoms with E-state index in [0.717, 1.165) is 38.0 Å². The van der Waals surface area contributed by atoms with Gasteiger partial charge in [0.15, 0.2) is 0 Å². The number of ether oxygens (including phenoxy) is 1. The first kappa shape index (κ1) is 18.9. The first-order chi connectivity index (χ1) is 12.0. The lowest BCUT2D eigenvalue weighted by Gasteiger charge is -2.35. The molecule has 6 nitrogen and oxygen atoms in total. The Hall–Kier alpha value is -0.920. The summed E-state index contributed by atoms with van der Waals surface area (Å²) in [5.41, 5.74) is 0.992. The van der Waals surface area contributed by atoms with Crippen molar-refractivity contribution in [1.29, 1.82) is 0 Å². The van der Waals surface area contributed by atoms with E-state index in [-0.39, 0.29) is 10.9 Å². The molecule has 1 aliphatic heterocycles. The third-order valence-corrected chi connectivity index (χ3v) is 7.23. The quantitative estimate of drug-likeness (QED) is 0.669. The maximum absolute atomic E-state index is 12.8. The lowest BCUT2D eigenvalue weighted by molar-refractivity contribution is 0.130. The third kappa shape index (κ3) is 4.63. The molecule has 0 unspecified atom stereocenters. The van der Waals surface area contributed by atoms with Gasteiger partial charge in [0.1, 0.15) is 0 Å². The first-order valence-electron chi connectivity index (χ1n) is 9.55. The summed E-state index contributed by atoms with van der Waals surface area (Å²) < 4.78 is 32.6. The monoisotopic (exact) mass is 369 g/mol. The Morgan fingerprint density at radius 2 is 2.08 bits per heavy atom. The molecule has 0 amide bonds. The van der Waals surface area contributed by atoms with E-state index in [1.165, 1.54) is 19.3 Å². The Kier molecular flexibility index (Phi) is 6.17. The Bertz CT molecular complexity index is 667. The summed E-state index contributed by atoms with van der Waals surface area (Å²) in [5, 5.41) is 0.233. The van der Waals surface area contributed by atoms with Crippen LogP contribution in [0, 0.1) is 5.92 Å². The molecule has 0 spiro atoms. The summed E-state index contributed by atoms with van der Waals surface area (Å²) in [6, 6.07) is 0.589. The molecule has 1 saturated carbocycles. The van der Waals surface area contributed by atoms with Crippen molar-refractivity contribution in [1.82, 2.24) is 14.5 Å². The summed E-state index contributed by atoms with van der Waals surface area (Å²) >= 11 is 0. The number of methoxy groups -OCH3 is 1. The van der Waals surface area contributed by atoms with Gasteiger partial charge < -0.3 is 9.30 Å². The first-order valence-corrected chi connectivity index (χ1v) is 11.2. The Morgan fingerprint density at radius 1 is 1.28 bits per heavy atom. The molecule has 3 rings (SSSR count). The van der Waals surface area contributed by atoms with E-state index in [1.807, 2.05) is 4.57 Å². The highest BCUT2D eigenvalue weighted by molar-refractivity contribution is 7.91. The van der Waals surface area contributed by atoms with Gasteiger partial charge in [0, 0.05) is 26.2 Å². The standard InChI is InChI=1S/C18H31N3O3S/c1-3-16-6-4-5-9-20(16)13-17-12-19-18(21(17)10-11-24-2)25(22,23)14-15-7-8-15/h12,15-16H,3-11,13-14H2,1-2H3/t16-/m1/s1. The second-order valence-electron chi connectivity index (χ2n) is 7.43. The van der Waals surface area contributed by atoms with Crippen LogP contribution in [0.3, 0.4) is 0 Å².